The molecule has 0 aromatic heterocycles. The molecule has 0 saturated carbocycles. The van der Waals surface area contributed by atoms with Crippen LogP contribution in [0.2, 0.25) is 10.0 Å². The third kappa shape index (κ3) is 3.37. The number of hydrogen-bond donors (Lipinski definition) is 0. The average molecular weight is 338 g/mol. The Bertz CT molecular complexity index is 389. The van der Waals surface area contributed by atoms with Crippen molar-refractivity contribution < 1.29 is 4.74 Å². The monoisotopic (exact) mass is 336 g/mol. The second-order valence-corrected chi connectivity index (χ2v) is 6.06. The Hall–Kier alpha value is 0.240. The fourth-order valence-electron chi connectivity index (χ4n) is 2.23. The van der Waals surface area contributed by atoms with Gasteiger partial charge in [0.1, 0.15) is 0 Å². The van der Waals surface area contributed by atoms with Crippen LogP contribution in [0, 0.1) is 5.41 Å². The predicted octanol–water partition coefficient (Wildman–Crippen LogP) is 4.73. The van der Waals surface area contributed by atoms with Crippen LogP contribution in [0.15, 0.2) is 18.2 Å². The molecule has 0 unspecified atom stereocenters. The largest absolute Gasteiger partial charge is 0.381 e. The zero-order chi connectivity index (χ0) is 12.3. The highest BCUT2D eigenvalue weighted by Gasteiger charge is 2.32. The number of halogens is 3. The van der Waals surface area contributed by atoms with Gasteiger partial charge in [-0.15, -0.1) is 0 Å². The van der Waals surface area contributed by atoms with Crippen molar-refractivity contribution in [1.82, 2.24) is 0 Å². The smallest absolute Gasteiger partial charge is 0.0471 e. The van der Waals surface area contributed by atoms with E-state index in [0.717, 1.165) is 42.8 Å². The zero-order valence-corrected chi connectivity index (χ0v) is 12.6. The maximum Gasteiger partial charge on any atom is 0.0471 e. The molecule has 0 atom stereocenters. The highest BCUT2D eigenvalue weighted by atomic mass is 79.9. The Morgan fingerprint density at radius 2 is 1.94 bits per heavy atom. The van der Waals surface area contributed by atoms with Gasteiger partial charge in [-0.05, 0) is 42.4 Å². The minimum absolute atomic E-state index is 0.274. The van der Waals surface area contributed by atoms with Gasteiger partial charge in [-0.2, -0.15) is 0 Å². The van der Waals surface area contributed by atoms with Gasteiger partial charge in [-0.25, -0.2) is 0 Å². The molecule has 0 radical (unpaired) electrons. The minimum Gasteiger partial charge on any atom is -0.381 e. The van der Waals surface area contributed by atoms with E-state index in [0.29, 0.717) is 5.02 Å². The summed E-state index contributed by atoms with van der Waals surface area (Å²) in [6, 6.07) is 5.76. The van der Waals surface area contributed by atoms with Crippen molar-refractivity contribution in [3.63, 3.8) is 0 Å². The predicted molar refractivity (Wildman–Crippen MR) is 76.4 cm³/mol. The molecule has 4 heteroatoms. The summed E-state index contributed by atoms with van der Waals surface area (Å²) in [6.45, 7) is 1.69. The maximum absolute atomic E-state index is 6.24. The van der Waals surface area contributed by atoms with Gasteiger partial charge < -0.3 is 4.74 Å². The fourth-order valence-corrected chi connectivity index (χ4v) is 3.47. The van der Waals surface area contributed by atoms with Crippen LogP contribution in [0.3, 0.4) is 0 Å². The number of ether oxygens (including phenoxy) is 1. The van der Waals surface area contributed by atoms with E-state index >= 15 is 0 Å². The number of hydrogen-bond acceptors (Lipinski definition) is 1. The molecule has 0 amide bonds. The van der Waals surface area contributed by atoms with Gasteiger partial charge in [0.2, 0.25) is 0 Å². The lowest BCUT2D eigenvalue weighted by atomic mass is 9.77. The molecule has 1 aromatic carbocycles. The van der Waals surface area contributed by atoms with E-state index in [2.05, 4.69) is 15.9 Å². The van der Waals surface area contributed by atoms with Gasteiger partial charge >= 0.3 is 0 Å². The van der Waals surface area contributed by atoms with Crippen LogP contribution in [0.25, 0.3) is 0 Å². The first-order valence-corrected chi connectivity index (χ1v) is 7.61. The second-order valence-electron chi connectivity index (χ2n) is 4.66. The molecule has 1 saturated heterocycles. The van der Waals surface area contributed by atoms with Gasteiger partial charge in [0.15, 0.2) is 0 Å². The highest BCUT2D eigenvalue weighted by Crippen LogP contribution is 2.38. The molecular formula is C13H15BrCl2O. The fraction of sp³-hybridized carbons (Fsp3) is 0.538. The lowest BCUT2D eigenvalue weighted by Gasteiger charge is -2.36. The zero-order valence-electron chi connectivity index (χ0n) is 9.52. The van der Waals surface area contributed by atoms with E-state index < -0.39 is 0 Å². The van der Waals surface area contributed by atoms with Crippen molar-refractivity contribution in [2.75, 3.05) is 18.5 Å². The van der Waals surface area contributed by atoms with Gasteiger partial charge in [0.05, 0.1) is 0 Å². The summed E-state index contributed by atoms with van der Waals surface area (Å²) in [5.74, 6) is 0. The Kier molecular flexibility index (Phi) is 4.76. The third-order valence-electron chi connectivity index (χ3n) is 3.42. The normalized spacial score (nSPS) is 19.2. The van der Waals surface area contributed by atoms with E-state index in [1.165, 1.54) is 5.56 Å². The van der Waals surface area contributed by atoms with Gasteiger partial charge in [-0.3, -0.25) is 0 Å². The van der Waals surface area contributed by atoms with Gasteiger partial charge in [0.25, 0.3) is 0 Å². The van der Waals surface area contributed by atoms with Crippen LogP contribution in [0.5, 0.6) is 0 Å². The quantitative estimate of drug-likeness (QED) is 0.724. The first-order chi connectivity index (χ1) is 8.15. The van der Waals surface area contributed by atoms with E-state index in [1.54, 1.807) is 0 Å². The first kappa shape index (κ1) is 13.7. The summed E-state index contributed by atoms with van der Waals surface area (Å²) in [5.41, 5.74) is 1.45. The molecule has 17 heavy (non-hydrogen) atoms. The van der Waals surface area contributed by atoms with Crippen molar-refractivity contribution in [1.29, 1.82) is 0 Å². The van der Waals surface area contributed by atoms with E-state index in [9.17, 15) is 0 Å². The van der Waals surface area contributed by atoms with Gasteiger partial charge in [-0.1, -0.05) is 45.2 Å². The number of alkyl halides is 1. The van der Waals surface area contributed by atoms with Crippen molar-refractivity contribution in [2.24, 2.45) is 5.41 Å². The van der Waals surface area contributed by atoms with E-state index in [1.807, 2.05) is 18.2 Å². The summed E-state index contributed by atoms with van der Waals surface area (Å²) in [4.78, 5) is 0. The Balaban J connectivity index is 2.17. The Morgan fingerprint density at radius 1 is 1.24 bits per heavy atom. The second kappa shape index (κ2) is 5.92. The van der Waals surface area contributed by atoms with Crippen LogP contribution in [0.1, 0.15) is 18.4 Å². The van der Waals surface area contributed by atoms with Crippen molar-refractivity contribution in [2.45, 2.75) is 19.3 Å². The van der Waals surface area contributed by atoms with Crippen molar-refractivity contribution >= 4 is 39.1 Å². The lowest BCUT2D eigenvalue weighted by molar-refractivity contribution is 0.0270. The molecule has 1 heterocycles. The van der Waals surface area contributed by atoms with Crippen LogP contribution < -0.4 is 0 Å². The van der Waals surface area contributed by atoms with Crippen molar-refractivity contribution in [3.05, 3.63) is 33.8 Å². The molecule has 1 aliphatic heterocycles. The van der Waals surface area contributed by atoms with Crippen molar-refractivity contribution in [3.8, 4) is 0 Å². The molecule has 1 nitrogen and oxygen atoms in total. The molecule has 0 aliphatic carbocycles. The topological polar surface area (TPSA) is 9.23 Å². The summed E-state index contributed by atoms with van der Waals surface area (Å²) in [7, 11) is 0. The van der Waals surface area contributed by atoms with E-state index in [-0.39, 0.29) is 5.41 Å². The van der Waals surface area contributed by atoms with Crippen LogP contribution >= 0.6 is 39.1 Å². The molecule has 2 rings (SSSR count). The summed E-state index contributed by atoms with van der Waals surface area (Å²) in [6.07, 6.45) is 3.14. The van der Waals surface area contributed by atoms with Crippen LogP contribution in [-0.2, 0) is 11.2 Å². The molecule has 1 aliphatic rings. The Morgan fingerprint density at radius 3 is 2.53 bits per heavy atom. The molecule has 0 bridgehead atoms. The summed E-state index contributed by atoms with van der Waals surface area (Å²) in [5, 5.41) is 2.45. The summed E-state index contributed by atoms with van der Waals surface area (Å²) >= 11 is 15.8. The minimum atomic E-state index is 0.274. The molecule has 0 spiro atoms. The highest BCUT2D eigenvalue weighted by molar-refractivity contribution is 9.09. The Labute approximate surface area is 121 Å². The van der Waals surface area contributed by atoms with Crippen LogP contribution in [-0.4, -0.2) is 18.5 Å². The number of benzene rings is 1. The number of rotatable bonds is 3. The third-order valence-corrected chi connectivity index (χ3v) is 5.19. The molecular weight excluding hydrogens is 323 g/mol. The SMILES string of the molecule is Clc1ccc(CC2(CBr)CCOCC2)c(Cl)c1. The van der Waals surface area contributed by atoms with Crippen LogP contribution in [0.4, 0.5) is 0 Å². The molecule has 1 fully saturated rings. The summed E-state index contributed by atoms with van der Waals surface area (Å²) < 4.78 is 5.44. The maximum atomic E-state index is 6.24. The lowest BCUT2D eigenvalue weighted by Crippen LogP contribution is -2.33. The molecule has 0 N–H and O–H groups in total. The first-order valence-electron chi connectivity index (χ1n) is 5.73. The van der Waals surface area contributed by atoms with Gasteiger partial charge in [0, 0.05) is 28.6 Å². The standard InChI is InChI=1S/C13H15BrCl2O/c14-9-13(3-5-17-6-4-13)8-10-1-2-11(15)7-12(10)16/h1-2,7H,3-6,8-9H2. The van der Waals surface area contributed by atoms with E-state index in [4.69, 9.17) is 27.9 Å². The molecule has 94 valence electrons. The average Bonchev–Trinajstić information content (AvgIpc) is 2.34. The molecule has 1 aromatic rings.